The lowest BCUT2D eigenvalue weighted by molar-refractivity contribution is -0.193. The standard InChI is InChI=1S/C7H9F6O5P/c1-5(19(15,16)17,2-6(8,9)10)4(14)18-3-7(11,12)13/h2-3H2,1H3,(H2,15,16,17). The SMILES string of the molecule is CC(CC(F)(F)F)(C(=O)OCC(F)(F)F)P(=O)(O)O. The molecule has 12 heteroatoms. The largest absolute Gasteiger partial charge is 0.455 e. The van der Waals surface area contributed by atoms with E-state index >= 15 is 0 Å². The lowest BCUT2D eigenvalue weighted by Crippen LogP contribution is -2.42. The van der Waals surface area contributed by atoms with E-state index in [1.165, 1.54) is 0 Å². The van der Waals surface area contributed by atoms with Crippen LogP contribution in [0.5, 0.6) is 0 Å². The van der Waals surface area contributed by atoms with Crippen molar-refractivity contribution in [2.75, 3.05) is 6.61 Å². The molecule has 0 aliphatic rings. The van der Waals surface area contributed by atoms with Gasteiger partial charge in [0.1, 0.15) is 0 Å². The molecule has 0 aromatic rings. The minimum absolute atomic E-state index is 0.194. The fraction of sp³-hybridized carbons (Fsp3) is 0.857. The molecule has 0 aromatic heterocycles. The Bertz CT molecular complexity index is 384. The summed E-state index contributed by atoms with van der Waals surface area (Å²) in [4.78, 5) is 28.6. The first kappa shape index (κ1) is 18.2. The first-order chi connectivity index (χ1) is 8.08. The Kier molecular flexibility index (Phi) is 5.07. The van der Waals surface area contributed by atoms with Crippen LogP contribution in [-0.2, 0) is 14.1 Å². The van der Waals surface area contributed by atoms with Crippen LogP contribution in [0.25, 0.3) is 0 Å². The number of alkyl halides is 6. The zero-order chi connectivity index (χ0) is 15.7. The molecule has 1 unspecified atom stereocenters. The predicted molar refractivity (Wildman–Crippen MR) is 48.1 cm³/mol. The molecule has 0 bridgehead atoms. The summed E-state index contributed by atoms with van der Waals surface area (Å²) < 4.78 is 86.1. The molecule has 0 aromatic carbocycles. The molecule has 0 aliphatic heterocycles. The van der Waals surface area contributed by atoms with Gasteiger partial charge in [-0.15, -0.1) is 0 Å². The van der Waals surface area contributed by atoms with Crippen molar-refractivity contribution in [3.8, 4) is 0 Å². The van der Waals surface area contributed by atoms with Gasteiger partial charge in [-0.2, -0.15) is 26.3 Å². The van der Waals surface area contributed by atoms with Crippen LogP contribution in [0.15, 0.2) is 0 Å². The Hall–Kier alpha value is -0.800. The van der Waals surface area contributed by atoms with Crippen molar-refractivity contribution in [1.29, 1.82) is 0 Å². The summed E-state index contributed by atoms with van der Waals surface area (Å²) >= 11 is 0. The zero-order valence-corrected chi connectivity index (χ0v) is 10.1. The maximum atomic E-state index is 12.1. The van der Waals surface area contributed by atoms with Crippen molar-refractivity contribution in [3.05, 3.63) is 0 Å². The number of carbonyl (C=O) groups excluding carboxylic acids is 1. The van der Waals surface area contributed by atoms with Gasteiger partial charge in [0.25, 0.3) is 0 Å². The third kappa shape index (κ3) is 5.79. The van der Waals surface area contributed by atoms with Crippen LogP contribution in [0.4, 0.5) is 26.3 Å². The molecule has 114 valence electrons. The fourth-order valence-electron chi connectivity index (χ4n) is 0.987. The van der Waals surface area contributed by atoms with Crippen LogP contribution in [0.2, 0.25) is 0 Å². The van der Waals surface area contributed by atoms with E-state index in [0.717, 1.165) is 0 Å². The number of hydrogen-bond donors (Lipinski definition) is 2. The summed E-state index contributed by atoms with van der Waals surface area (Å²) in [5.41, 5.74) is 0. The molecule has 2 N–H and O–H groups in total. The fourth-order valence-corrected chi connectivity index (χ4v) is 1.67. The van der Waals surface area contributed by atoms with E-state index in [1.54, 1.807) is 0 Å². The van der Waals surface area contributed by atoms with E-state index < -0.39 is 44.1 Å². The maximum Gasteiger partial charge on any atom is 0.422 e. The van der Waals surface area contributed by atoms with Crippen molar-refractivity contribution in [1.82, 2.24) is 0 Å². The highest BCUT2D eigenvalue weighted by molar-refractivity contribution is 7.54. The van der Waals surface area contributed by atoms with E-state index in [-0.39, 0.29) is 6.92 Å². The highest BCUT2D eigenvalue weighted by Crippen LogP contribution is 2.55. The Labute approximate surface area is 102 Å². The summed E-state index contributed by atoms with van der Waals surface area (Å²) in [7, 11) is -5.68. The van der Waals surface area contributed by atoms with Crippen molar-refractivity contribution in [2.45, 2.75) is 30.9 Å². The first-order valence-electron chi connectivity index (χ1n) is 4.45. The van der Waals surface area contributed by atoms with E-state index in [0.29, 0.717) is 0 Å². The first-order valence-corrected chi connectivity index (χ1v) is 6.06. The quantitative estimate of drug-likeness (QED) is 0.470. The second kappa shape index (κ2) is 5.29. The Morgan fingerprint density at radius 1 is 1.11 bits per heavy atom. The topological polar surface area (TPSA) is 83.8 Å². The van der Waals surface area contributed by atoms with Crippen LogP contribution < -0.4 is 0 Å². The van der Waals surface area contributed by atoms with Gasteiger partial charge in [0.2, 0.25) is 0 Å². The summed E-state index contributed by atoms with van der Waals surface area (Å²) in [6, 6.07) is 0. The van der Waals surface area contributed by atoms with E-state index in [9.17, 15) is 35.7 Å². The molecule has 0 saturated carbocycles. The molecule has 0 heterocycles. The number of hydrogen-bond acceptors (Lipinski definition) is 3. The molecule has 0 spiro atoms. The van der Waals surface area contributed by atoms with Gasteiger partial charge in [-0.05, 0) is 6.92 Å². The highest BCUT2D eigenvalue weighted by Gasteiger charge is 2.57. The molecule has 5 nitrogen and oxygen atoms in total. The van der Waals surface area contributed by atoms with Gasteiger partial charge in [0.05, 0.1) is 6.42 Å². The number of esters is 1. The van der Waals surface area contributed by atoms with Crippen molar-refractivity contribution in [2.24, 2.45) is 0 Å². The second-order valence-electron chi connectivity index (χ2n) is 3.80. The van der Waals surface area contributed by atoms with Crippen LogP contribution >= 0.6 is 7.60 Å². The third-order valence-corrected chi connectivity index (χ3v) is 3.62. The van der Waals surface area contributed by atoms with Gasteiger partial charge in [-0.1, -0.05) is 0 Å². The van der Waals surface area contributed by atoms with E-state index in [1.807, 2.05) is 0 Å². The molecule has 0 rings (SSSR count). The number of halogens is 6. The molecule has 19 heavy (non-hydrogen) atoms. The van der Waals surface area contributed by atoms with Gasteiger partial charge >= 0.3 is 25.9 Å². The monoisotopic (exact) mass is 318 g/mol. The van der Waals surface area contributed by atoms with Crippen LogP contribution in [0, 0.1) is 0 Å². The van der Waals surface area contributed by atoms with E-state index in [2.05, 4.69) is 4.74 Å². The second-order valence-corrected chi connectivity index (χ2v) is 5.88. The highest BCUT2D eigenvalue weighted by atomic mass is 31.2. The van der Waals surface area contributed by atoms with Crippen molar-refractivity contribution in [3.63, 3.8) is 0 Å². The Morgan fingerprint density at radius 2 is 1.53 bits per heavy atom. The van der Waals surface area contributed by atoms with Gasteiger partial charge in [-0.3, -0.25) is 9.36 Å². The zero-order valence-electron chi connectivity index (χ0n) is 9.25. The van der Waals surface area contributed by atoms with Gasteiger partial charge in [0, 0.05) is 0 Å². The lowest BCUT2D eigenvalue weighted by atomic mass is 10.1. The molecule has 0 fully saturated rings. The maximum absolute atomic E-state index is 12.1. The number of rotatable bonds is 4. The van der Waals surface area contributed by atoms with Gasteiger partial charge < -0.3 is 14.5 Å². The van der Waals surface area contributed by atoms with E-state index in [4.69, 9.17) is 9.79 Å². The molecule has 0 radical (unpaired) electrons. The Morgan fingerprint density at radius 3 is 1.79 bits per heavy atom. The third-order valence-electron chi connectivity index (χ3n) is 1.99. The minimum atomic E-state index is -5.68. The average Bonchev–Trinajstić information content (AvgIpc) is 2.07. The van der Waals surface area contributed by atoms with Crippen LogP contribution in [-0.4, -0.2) is 39.9 Å². The van der Waals surface area contributed by atoms with Crippen LogP contribution in [0.1, 0.15) is 13.3 Å². The Balaban J connectivity index is 5.18. The van der Waals surface area contributed by atoms with Crippen molar-refractivity contribution >= 4 is 13.6 Å². The summed E-state index contributed by atoms with van der Waals surface area (Å²) in [6.45, 7) is -2.04. The molecule has 1 atom stereocenters. The predicted octanol–water partition coefficient (Wildman–Crippen LogP) is 1.98. The number of ether oxygens (including phenoxy) is 1. The molecule has 0 saturated heterocycles. The summed E-state index contributed by atoms with van der Waals surface area (Å²) in [6.07, 6.45) is -12.5. The molecular weight excluding hydrogens is 309 g/mol. The minimum Gasteiger partial charge on any atom is -0.455 e. The normalized spacial score (nSPS) is 16.9. The summed E-state index contributed by atoms with van der Waals surface area (Å²) in [5, 5.41) is -3.42. The number of carbonyl (C=O) groups is 1. The average molecular weight is 318 g/mol. The smallest absolute Gasteiger partial charge is 0.422 e. The molecule has 0 aliphatic carbocycles. The molecular formula is C7H9F6O5P. The summed E-state index contributed by atoms with van der Waals surface area (Å²) in [5.74, 6) is -2.27. The lowest BCUT2D eigenvalue weighted by Gasteiger charge is -2.28. The van der Waals surface area contributed by atoms with Gasteiger partial charge in [-0.25, -0.2) is 0 Å². The van der Waals surface area contributed by atoms with Crippen LogP contribution in [0.3, 0.4) is 0 Å². The molecule has 0 amide bonds. The van der Waals surface area contributed by atoms with Crippen molar-refractivity contribution < 1.29 is 50.2 Å². The van der Waals surface area contributed by atoms with Gasteiger partial charge in [0.15, 0.2) is 11.8 Å².